The molecule has 0 radical (unpaired) electrons. The Hall–Kier alpha value is -2.34. The van der Waals surface area contributed by atoms with Crippen LogP contribution >= 0.6 is 0 Å². The van der Waals surface area contributed by atoms with E-state index in [1.54, 1.807) is 24.3 Å². The number of fused-ring (bicyclic) bond motifs is 2. The molecular weight excluding hydrogens is 292 g/mol. The fraction of sp³-hybridized carbons (Fsp3) is 0.133. The predicted molar refractivity (Wildman–Crippen MR) is 75.2 cm³/mol. The van der Waals surface area contributed by atoms with Crippen molar-refractivity contribution in [3.63, 3.8) is 0 Å². The third-order valence-electron chi connectivity index (χ3n) is 3.24. The third kappa shape index (κ3) is 2.38. The lowest BCUT2D eigenvalue weighted by Crippen LogP contribution is -2.07. The molecule has 0 fully saturated rings. The molecule has 21 heavy (non-hydrogen) atoms. The second-order valence-corrected chi connectivity index (χ2v) is 6.58. The summed E-state index contributed by atoms with van der Waals surface area (Å²) in [6.45, 7) is 0. The molecule has 6 heteroatoms. The molecule has 108 valence electrons. The van der Waals surface area contributed by atoms with Crippen molar-refractivity contribution in [2.24, 2.45) is 0 Å². The van der Waals surface area contributed by atoms with Crippen LogP contribution in [-0.4, -0.2) is 21.5 Å². The quantitative estimate of drug-likeness (QED) is 0.757. The molecule has 0 saturated carbocycles. The highest BCUT2D eigenvalue weighted by molar-refractivity contribution is 7.90. The van der Waals surface area contributed by atoms with Crippen LogP contribution in [0.15, 0.2) is 47.4 Å². The Morgan fingerprint density at radius 3 is 2.67 bits per heavy atom. The van der Waals surface area contributed by atoms with Gasteiger partial charge in [0.25, 0.3) is 0 Å². The van der Waals surface area contributed by atoms with Crippen LogP contribution in [0.2, 0.25) is 0 Å². The van der Waals surface area contributed by atoms with Crippen molar-refractivity contribution >= 4 is 15.8 Å². The Bertz CT molecular complexity index is 824. The number of carbonyl (C=O) groups is 1. The first-order chi connectivity index (χ1) is 10.0. The van der Waals surface area contributed by atoms with Crippen LogP contribution in [0.4, 0.5) is 0 Å². The Labute approximate surface area is 122 Å². The number of ether oxygens (including phenoxy) is 2. The number of benzene rings is 2. The van der Waals surface area contributed by atoms with Gasteiger partial charge in [0.15, 0.2) is 9.84 Å². The minimum absolute atomic E-state index is 0.00148. The van der Waals surface area contributed by atoms with Crippen LogP contribution < -0.4 is 4.74 Å². The third-order valence-corrected chi connectivity index (χ3v) is 4.92. The summed E-state index contributed by atoms with van der Waals surface area (Å²) < 4.78 is 35.3. The molecular formula is C15H12O5S. The Kier molecular flexibility index (Phi) is 3.17. The summed E-state index contributed by atoms with van der Waals surface area (Å²) in [5.74, 6) is -0.0335. The van der Waals surface area contributed by atoms with Crippen molar-refractivity contribution in [1.29, 1.82) is 0 Å². The van der Waals surface area contributed by atoms with E-state index in [0.29, 0.717) is 11.3 Å². The Balaban J connectivity index is 2.19. The van der Waals surface area contributed by atoms with Crippen LogP contribution in [0.5, 0.6) is 11.5 Å². The predicted octanol–water partition coefficient (Wildman–Crippen LogP) is 2.55. The van der Waals surface area contributed by atoms with E-state index in [1.807, 2.05) is 0 Å². The lowest BCUT2D eigenvalue weighted by molar-refractivity contribution is 0.0600. The van der Waals surface area contributed by atoms with E-state index >= 15 is 0 Å². The molecule has 1 heterocycles. The van der Waals surface area contributed by atoms with E-state index in [0.717, 1.165) is 0 Å². The molecule has 0 aliphatic carbocycles. The smallest absolute Gasteiger partial charge is 0.337 e. The molecule has 2 aromatic carbocycles. The molecule has 0 aromatic heterocycles. The van der Waals surface area contributed by atoms with Crippen molar-refractivity contribution in [3.05, 3.63) is 53.6 Å². The molecule has 0 atom stereocenters. The van der Waals surface area contributed by atoms with Crippen LogP contribution in [0.25, 0.3) is 0 Å². The molecule has 2 aromatic rings. The van der Waals surface area contributed by atoms with Gasteiger partial charge in [-0.15, -0.1) is 0 Å². The first-order valence-corrected chi connectivity index (χ1v) is 7.87. The second-order valence-electron chi connectivity index (χ2n) is 4.62. The number of sulfone groups is 1. The summed E-state index contributed by atoms with van der Waals surface area (Å²) in [5.41, 5.74) is 0.766. The van der Waals surface area contributed by atoms with Gasteiger partial charge in [-0.1, -0.05) is 18.2 Å². The molecule has 1 aliphatic rings. The van der Waals surface area contributed by atoms with Gasteiger partial charge in [-0.2, -0.15) is 0 Å². The summed E-state index contributed by atoms with van der Waals surface area (Å²) in [6, 6.07) is 11.2. The van der Waals surface area contributed by atoms with E-state index in [4.69, 9.17) is 4.74 Å². The van der Waals surface area contributed by atoms with Crippen LogP contribution in [-0.2, 0) is 20.3 Å². The highest BCUT2D eigenvalue weighted by atomic mass is 32.2. The van der Waals surface area contributed by atoms with Gasteiger partial charge in [-0.05, 0) is 24.3 Å². The number of methoxy groups -OCH3 is 1. The minimum Gasteiger partial charge on any atom is -0.465 e. The van der Waals surface area contributed by atoms with Gasteiger partial charge in [-0.3, -0.25) is 0 Å². The molecule has 0 saturated heterocycles. The van der Waals surface area contributed by atoms with Crippen LogP contribution in [0.3, 0.4) is 0 Å². The number of carbonyl (C=O) groups excluding carboxylic acids is 1. The molecule has 0 amide bonds. The SMILES string of the molecule is COC(=O)c1ccc2c(c1)S(=O)(=O)Cc1ccccc1O2. The van der Waals surface area contributed by atoms with Crippen molar-refractivity contribution < 1.29 is 22.7 Å². The summed E-state index contributed by atoms with van der Waals surface area (Å²) in [6.07, 6.45) is 0. The summed E-state index contributed by atoms with van der Waals surface area (Å²) in [7, 11) is -2.34. The van der Waals surface area contributed by atoms with Gasteiger partial charge < -0.3 is 9.47 Å². The zero-order valence-electron chi connectivity index (χ0n) is 11.2. The normalized spacial score (nSPS) is 15.1. The lowest BCUT2D eigenvalue weighted by atomic mass is 10.2. The largest absolute Gasteiger partial charge is 0.465 e. The lowest BCUT2D eigenvalue weighted by Gasteiger charge is -2.08. The average Bonchev–Trinajstić information content (AvgIpc) is 2.59. The summed E-state index contributed by atoms with van der Waals surface area (Å²) in [5, 5.41) is 0. The fourth-order valence-corrected chi connectivity index (χ4v) is 3.73. The van der Waals surface area contributed by atoms with Crippen molar-refractivity contribution in [3.8, 4) is 11.5 Å². The standard InChI is InChI=1S/C15H12O5S/c1-19-15(16)10-6-7-13-14(8-10)21(17,18)9-11-4-2-3-5-12(11)20-13/h2-8H,9H2,1H3. The van der Waals surface area contributed by atoms with Gasteiger partial charge in [0.1, 0.15) is 16.4 Å². The number of hydrogen-bond acceptors (Lipinski definition) is 5. The molecule has 0 N–H and O–H groups in total. The van der Waals surface area contributed by atoms with Crippen LogP contribution in [0, 0.1) is 0 Å². The summed E-state index contributed by atoms with van der Waals surface area (Å²) in [4.78, 5) is 11.6. The number of hydrogen-bond donors (Lipinski definition) is 0. The second kappa shape index (κ2) is 4.89. The van der Waals surface area contributed by atoms with Crippen molar-refractivity contribution in [2.75, 3.05) is 7.11 Å². The maximum atomic E-state index is 12.5. The first kappa shape index (κ1) is 13.6. The molecule has 0 unspecified atom stereocenters. The fourth-order valence-electron chi connectivity index (χ4n) is 2.20. The minimum atomic E-state index is -3.59. The molecule has 1 aliphatic heterocycles. The maximum Gasteiger partial charge on any atom is 0.337 e. The van der Waals surface area contributed by atoms with Gasteiger partial charge in [-0.25, -0.2) is 13.2 Å². The van der Waals surface area contributed by atoms with E-state index in [1.165, 1.54) is 25.3 Å². The molecule has 0 bridgehead atoms. The Morgan fingerprint density at radius 1 is 1.14 bits per heavy atom. The zero-order chi connectivity index (χ0) is 15.0. The monoisotopic (exact) mass is 304 g/mol. The van der Waals surface area contributed by atoms with E-state index in [-0.39, 0.29) is 22.0 Å². The maximum absolute atomic E-state index is 12.5. The van der Waals surface area contributed by atoms with Crippen LogP contribution in [0.1, 0.15) is 15.9 Å². The van der Waals surface area contributed by atoms with Gasteiger partial charge in [0, 0.05) is 5.56 Å². The van der Waals surface area contributed by atoms with E-state index in [9.17, 15) is 13.2 Å². The van der Waals surface area contributed by atoms with E-state index in [2.05, 4.69) is 4.74 Å². The van der Waals surface area contributed by atoms with Crippen molar-refractivity contribution in [1.82, 2.24) is 0 Å². The van der Waals surface area contributed by atoms with Gasteiger partial charge >= 0.3 is 5.97 Å². The number of esters is 1. The van der Waals surface area contributed by atoms with E-state index < -0.39 is 15.8 Å². The highest BCUT2D eigenvalue weighted by Crippen LogP contribution is 2.37. The first-order valence-electron chi connectivity index (χ1n) is 6.22. The molecule has 3 rings (SSSR count). The number of rotatable bonds is 1. The molecule has 0 spiro atoms. The number of para-hydroxylation sites is 1. The zero-order valence-corrected chi connectivity index (χ0v) is 12.0. The molecule has 5 nitrogen and oxygen atoms in total. The Morgan fingerprint density at radius 2 is 1.90 bits per heavy atom. The topological polar surface area (TPSA) is 69.7 Å². The van der Waals surface area contributed by atoms with Gasteiger partial charge in [0.2, 0.25) is 0 Å². The van der Waals surface area contributed by atoms with Crippen molar-refractivity contribution in [2.45, 2.75) is 10.6 Å². The average molecular weight is 304 g/mol. The summed E-state index contributed by atoms with van der Waals surface area (Å²) >= 11 is 0. The van der Waals surface area contributed by atoms with Gasteiger partial charge in [0.05, 0.1) is 18.4 Å². The highest BCUT2D eigenvalue weighted by Gasteiger charge is 2.27.